The summed E-state index contributed by atoms with van der Waals surface area (Å²) in [5, 5.41) is 3.20. The molecule has 0 radical (unpaired) electrons. The maximum atomic E-state index is 5.68. The van der Waals surface area contributed by atoms with Gasteiger partial charge in [0, 0.05) is 12.6 Å². The second-order valence-electron chi connectivity index (χ2n) is 4.46. The monoisotopic (exact) mass is 238 g/mol. The average Bonchev–Trinajstić information content (AvgIpc) is 2.24. The largest absolute Gasteiger partial charge is 0.474 e. The third-order valence-electron chi connectivity index (χ3n) is 2.11. The first-order valence-electron chi connectivity index (χ1n) is 6.06. The quantitative estimate of drug-likeness (QED) is 0.709. The summed E-state index contributed by atoms with van der Waals surface area (Å²) >= 11 is 0. The number of aromatic nitrogens is 2. The van der Waals surface area contributed by atoms with Crippen LogP contribution in [-0.2, 0) is 0 Å². The third kappa shape index (κ3) is 6.06. The maximum absolute atomic E-state index is 5.68. The number of hydrogen-bond donors (Lipinski definition) is 2. The fourth-order valence-electron chi connectivity index (χ4n) is 1.37. The number of nitrogens with two attached hydrogens (primary N) is 1. The topological polar surface area (TPSA) is 73.1 Å². The Balaban J connectivity index is 2.37. The molecule has 1 atom stereocenters. The van der Waals surface area contributed by atoms with Gasteiger partial charge in [0.15, 0.2) is 0 Å². The van der Waals surface area contributed by atoms with E-state index < -0.39 is 0 Å². The summed E-state index contributed by atoms with van der Waals surface area (Å²) in [6, 6.07) is 0.249. The van der Waals surface area contributed by atoms with E-state index in [4.69, 9.17) is 10.5 Å². The van der Waals surface area contributed by atoms with E-state index in [1.54, 1.807) is 12.4 Å². The zero-order chi connectivity index (χ0) is 12.7. The Labute approximate surface area is 103 Å². The second kappa shape index (κ2) is 7.06. The number of hydrogen-bond acceptors (Lipinski definition) is 5. The summed E-state index contributed by atoms with van der Waals surface area (Å²) in [5.41, 5.74) is 5.68. The normalized spacial score (nSPS) is 12.5. The molecule has 1 aromatic heterocycles. The first-order chi connectivity index (χ1) is 8.08. The van der Waals surface area contributed by atoms with Gasteiger partial charge in [0.05, 0.1) is 18.5 Å². The predicted octanol–water partition coefficient (Wildman–Crippen LogP) is 1.80. The maximum Gasteiger partial charge on any atom is 0.234 e. The second-order valence-corrected chi connectivity index (χ2v) is 4.46. The molecule has 17 heavy (non-hydrogen) atoms. The van der Waals surface area contributed by atoms with Gasteiger partial charge in [0.2, 0.25) is 5.88 Å². The predicted molar refractivity (Wildman–Crippen MR) is 69.2 cm³/mol. The highest BCUT2D eigenvalue weighted by Gasteiger charge is 2.01. The molecule has 0 bridgehead atoms. The molecule has 1 unspecified atom stereocenters. The van der Waals surface area contributed by atoms with E-state index in [1.807, 2.05) is 20.8 Å². The van der Waals surface area contributed by atoms with Crippen molar-refractivity contribution in [2.75, 3.05) is 11.9 Å². The van der Waals surface area contributed by atoms with E-state index in [0.29, 0.717) is 5.88 Å². The Morgan fingerprint density at radius 2 is 2.12 bits per heavy atom. The summed E-state index contributed by atoms with van der Waals surface area (Å²) in [7, 11) is 0. The van der Waals surface area contributed by atoms with Crippen molar-refractivity contribution >= 4 is 5.82 Å². The Morgan fingerprint density at radius 3 is 2.76 bits per heavy atom. The van der Waals surface area contributed by atoms with E-state index >= 15 is 0 Å². The van der Waals surface area contributed by atoms with Crippen molar-refractivity contribution in [1.29, 1.82) is 0 Å². The minimum absolute atomic E-state index is 0.109. The van der Waals surface area contributed by atoms with E-state index in [2.05, 4.69) is 15.3 Å². The van der Waals surface area contributed by atoms with Crippen LogP contribution in [0.3, 0.4) is 0 Å². The number of rotatable bonds is 7. The fraction of sp³-hybridized carbons (Fsp3) is 0.667. The number of anilines is 1. The molecule has 1 heterocycles. The molecule has 5 nitrogen and oxygen atoms in total. The van der Waals surface area contributed by atoms with Crippen molar-refractivity contribution in [2.24, 2.45) is 5.73 Å². The molecule has 5 heteroatoms. The van der Waals surface area contributed by atoms with Crippen LogP contribution in [0.2, 0.25) is 0 Å². The number of ether oxygens (including phenoxy) is 1. The first-order valence-corrected chi connectivity index (χ1v) is 6.06. The third-order valence-corrected chi connectivity index (χ3v) is 2.11. The molecule has 0 saturated carbocycles. The molecule has 0 aliphatic heterocycles. The highest BCUT2D eigenvalue weighted by Crippen LogP contribution is 2.10. The number of nitrogens with one attached hydrogen (secondary N) is 1. The minimum Gasteiger partial charge on any atom is -0.474 e. The minimum atomic E-state index is 0.109. The summed E-state index contributed by atoms with van der Waals surface area (Å²) in [6.45, 7) is 6.78. The van der Waals surface area contributed by atoms with Gasteiger partial charge in [0.25, 0.3) is 0 Å². The molecule has 96 valence electrons. The molecule has 1 rings (SSSR count). The molecule has 0 saturated heterocycles. The SMILES string of the molecule is CC(N)CCCNc1cncc(OC(C)C)n1. The van der Waals surface area contributed by atoms with Gasteiger partial charge >= 0.3 is 0 Å². The lowest BCUT2D eigenvalue weighted by Crippen LogP contribution is -2.16. The van der Waals surface area contributed by atoms with Gasteiger partial charge in [-0.2, -0.15) is 4.98 Å². The van der Waals surface area contributed by atoms with Crippen LogP contribution < -0.4 is 15.8 Å². The van der Waals surface area contributed by atoms with Gasteiger partial charge in [-0.1, -0.05) is 0 Å². The molecular formula is C12H22N4O. The fourth-order valence-corrected chi connectivity index (χ4v) is 1.37. The zero-order valence-corrected chi connectivity index (χ0v) is 10.8. The van der Waals surface area contributed by atoms with Gasteiger partial charge < -0.3 is 15.8 Å². The lowest BCUT2D eigenvalue weighted by Gasteiger charge is -2.10. The van der Waals surface area contributed by atoms with Crippen molar-refractivity contribution < 1.29 is 4.74 Å². The molecule has 0 spiro atoms. The Kier molecular flexibility index (Phi) is 5.69. The molecule has 0 aliphatic carbocycles. The summed E-state index contributed by atoms with van der Waals surface area (Å²) < 4.78 is 5.47. The summed E-state index contributed by atoms with van der Waals surface area (Å²) in [6.07, 6.45) is 5.45. The van der Waals surface area contributed by atoms with Crippen LogP contribution >= 0.6 is 0 Å². The summed E-state index contributed by atoms with van der Waals surface area (Å²) in [4.78, 5) is 8.38. The van der Waals surface area contributed by atoms with E-state index in [0.717, 1.165) is 25.2 Å². The van der Waals surface area contributed by atoms with Gasteiger partial charge in [-0.3, -0.25) is 4.98 Å². The molecule has 0 aromatic carbocycles. The van der Waals surface area contributed by atoms with Gasteiger partial charge in [-0.05, 0) is 33.6 Å². The molecule has 3 N–H and O–H groups in total. The van der Waals surface area contributed by atoms with Crippen LogP contribution in [0.5, 0.6) is 5.88 Å². The lowest BCUT2D eigenvalue weighted by molar-refractivity contribution is 0.232. The van der Waals surface area contributed by atoms with Crippen LogP contribution in [0.25, 0.3) is 0 Å². The van der Waals surface area contributed by atoms with Crippen molar-refractivity contribution in [3.05, 3.63) is 12.4 Å². The van der Waals surface area contributed by atoms with E-state index in [1.165, 1.54) is 0 Å². The van der Waals surface area contributed by atoms with Crippen LogP contribution in [0.4, 0.5) is 5.82 Å². The van der Waals surface area contributed by atoms with Crippen molar-refractivity contribution in [3.63, 3.8) is 0 Å². The highest BCUT2D eigenvalue weighted by atomic mass is 16.5. The Bertz CT molecular complexity index is 328. The first kappa shape index (κ1) is 13.7. The molecule has 0 fully saturated rings. The lowest BCUT2D eigenvalue weighted by atomic mass is 10.2. The molecule has 0 aliphatic rings. The van der Waals surface area contributed by atoms with Crippen LogP contribution in [0.1, 0.15) is 33.6 Å². The van der Waals surface area contributed by atoms with Crippen molar-refractivity contribution in [3.8, 4) is 5.88 Å². The van der Waals surface area contributed by atoms with E-state index in [-0.39, 0.29) is 12.1 Å². The Morgan fingerprint density at radius 1 is 1.35 bits per heavy atom. The zero-order valence-electron chi connectivity index (χ0n) is 10.8. The van der Waals surface area contributed by atoms with E-state index in [9.17, 15) is 0 Å². The molecule has 1 aromatic rings. The molecule has 0 amide bonds. The van der Waals surface area contributed by atoms with Gasteiger partial charge in [0.1, 0.15) is 5.82 Å². The van der Waals surface area contributed by atoms with Crippen LogP contribution in [-0.4, -0.2) is 28.7 Å². The van der Waals surface area contributed by atoms with Crippen LogP contribution in [0, 0.1) is 0 Å². The molecular weight excluding hydrogens is 216 g/mol. The van der Waals surface area contributed by atoms with Crippen molar-refractivity contribution in [1.82, 2.24) is 9.97 Å². The standard InChI is InChI=1S/C12H22N4O/c1-9(2)17-12-8-14-7-11(16-12)15-6-4-5-10(3)13/h7-10H,4-6,13H2,1-3H3,(H,15,16). The van der Waals surface area contributed by atoms with Crippen LogP contribution in [0.15, 0.2) is 12.4 Å². The van der Waals surface area contributed by atoms with Gasteiger partial charge in [-0.15, -0.1) is 0 Å². The Hall–Kier alpha value is -1.36. The number of nitrogens with zero attached hydrogens (tertiary/aromatic N) is 2. The smallest absolute Gasteiger partial charge is 0.234 e. The summed E-state index contributed by atoms with van der Waals surface area (Å²) in [5.74, 6) is 1.30. The highest BCUT2D eigenvalue weighted by molar-refractivity contribution is 5.33. The average molecular weight is 238 g/mol. The van der Waals surface area contributed by atoms with Gasteiger partial charge in [-0.25, -0.2) is 0 Å². The van der Waals surface area contributed by atoms with Crippen molar-refractivity contribution in [2.45, 2.75) is 45.8 Å².